The van der Waals surface area contributed by atoms with Crippen molar-refractivity contribution in [3.63, 3.8) is 0 Å². The first-order chi connectivity index (χ1) is 5.35. The number of allylic oxidation sites excluding steroid dienone is 5. The lowest BCUT2D eigenvalue weighted by atomic mass is 10.4. The van der Waals surface area contributed by atoms with Gasteiger partial charge < -0.3 is 0 Å². The van der Waals surface area contributed by atoms with Gasteiger partial charge in [0.05, 0.1) is 0 Å². The zero-order valence-electron chi connectivity index (χ0n) is 6.16. The van der Waals surface area contributed by atoms with Crippen LogP contribution >= 0.6 is 11.8 Å². The molecule has 0 aromatic heterocycles. The molecule has 0 aliphatic carbocycles. The van der Waals surface area contributed by atoms with Crippen LogP contribution in [0.5, 0.6) is 0 Å². The Balaban J connectivity index is 4.23. The van der Waals surface area contributed by atoms with E-state index < -0.39 is 0 Å². The van der Waals surface area contributed by atoms with E-state index in [1.165, 1.54) is 0 Å². The number of thiocyanates is 1. The monoisotopic (exact) mass is 163 g/mol. The topological polar surface area (TPSA) is 23.8 Å². The maximum Gasteiger partial charge on any atom is 0.138 e. The van der Waals surface area contributed by atoms with E-state index in [4.69, 9.17) is 5.26 Å². The van der Waals surface area contributed by atoms with Gasteiger partial charge in [0, 0.05) is 4.91 Å². The van der Waals surface area contributed by atoms with Gasteiger partial charge in [0.25, 0.3) is 0 Å². The van der Waals surface area contributed by atoms with Gasteiger partial charge in [-0.25, -0.2) is 0 Å². The van der Waals surface area contributed by atoms with E-state index in [1.54, 1.807) is 24.3 Å². The molecule has 0 bridgehead atoms. The molecule has 0 atom stereocenters. The van der Waals surface area contributed by atoms with Crippen molar-refractivity contribution in [2.24, 2.45) is 0 Å². The predicted octanol–water partition coefficient (Wildman–Crippen LogP) is 3.01. The number of thioether (sulfide) groups is 1. The van der Waals surface area contributed by atoms with Crippen molar-refractivity contribution in [2.45, 2.75) is 0 Å². The molecule has 11 heavy (non-hydrogen) atoms. The number of hydrogen-bond acceptors (Lipinski definition) is 2. The standard InChI is InChI=1S/C9H9NS/c1-3-5-7-9(6-4-2)11-8-10/h3-7H,1-2H2/b7-5-,9-6+. The Bertz CT molecular complexity index is 230. The van der Waals surface area contributed by atoms with Gasteiger partial charge in [-0.1, -0.05) is 31.4 Å². The third-order valence-corrected chi connectivity index (χ3v) is 1.44. The lowest BCUT2D eigenvalue weighted by Gasteiger charge is -1.88. The average Bonchev–Trinajstić information content (AvgIpc) is 2.01. The van der Waals surface area contributed by atoms with E-state index in [1.807, 2.05) is 11.5 Å². The highest BCUT2D eigenvalue weighted by Gasteiger charge is 1.87. The van der Waals surface area contributed by atoms with E-state index in [0.29, 0.717) is 0 Å². The average molecular weight is 163 g/mol. The van der Waals surface area contributed by atoms with Gasteiger partial charge in [-0.15, -0.1) is 0 Å². The molecule has 0 amide bonds. The summed E-state index contributed by atoms with van der Waals surface area (Å²) in [6.07, 6.45) is 8.66. The second-order valence-electron chi connectivity index (χ2n) is 1.59. The van der Waals surface area contributed by atoms with Gasteiger partial charge in [0.2, 0.25) is 0 Å². The van der Waals surface area contributed by atoms with Crippen LogP contribution in [0.15, 0.2) is 48.4 Å². The van der Waals surface area contributed by atoms with E-state index in [-0.39, 0.29) is 0 Å². The van der Waals surface area contributed by atoms with Gasteiger partial charge in [-0.05, 0) is 23.9 Å². The quantitative estimate of drug-likeness (QED) is 0.470. The molecular weight excluding hydrogens is 154 g/mol. The minimum atomic E-state index is 0.863. The van der Waals surface area contributed by atoms with Crippen LogP contribution in [0, 0.1) is 10.7 Å². The minimum absolute atomic E-state index is 0.863. The molecular formula is C9H9NS. The molecule has 0 N–H and O–H groups in total. The number of rotatable bonds is 4. The third kappa shape index (κ3) is 5.25. The normalized spacial score (nSPS) is 11.0. The Hall–Kier alpha value is -1.20. The highest BCUT2D eigenvalue weighted by atomic mass is 32.2. The molecule has 0 fully saturated rings. The second-order valence-corrected chi connectivity index (χ2v) is 2.45. The van der Waals surface area contributed by atoms with Gasteiger partial charge in [0.1, 0.15) is 5.40 Å². The van der Waals surface area contributed by atoms with Crippen molar-refractivity contribution >= 4 is 11.8 Å². The molecule has 2 heteroatoms. The Labute approximate surface area is 71.4 Å². The summed E-state index contributed by atoms with van der Waals surface area (Å²) >= 11 is 1.10. The van der Waals surface area contributed by atoms with E-state index in [2.05, 4.69) is 13.2 Å². The predicted molar refractivity (Wildman–Crippen MR) is 50.8 cm³/mol. The lowest BCUT2D eigenvalue weighted by Crippen LogP contribution is -1.64. The smallest absolute Gasteiger partial charge is 0.138 e. The lowest BCUT2D eigenvalue weighted by molar-refractivity contribution is 1.57. The van der Waals surface area contributed by atoms with Gasteiger partial charge in [0.15, 0.2) is 0 Å². The molecule has 0 rings (SSSR count). The first-order valence-corrected chi connectivity index (χ1v) is 3.84. The molecule has 0 aromatic rings. The second kappa shape index (κ2) is 6.91. The maximum absolute atomic E-state index is 8.34. The molecule has 0 aromatic carbocycles. The summed E-state index contributed by atoms with van der Waals surface area (Å²) in [6.45, 7) is 7.05. The Morgan fingerprint density at radius 3 is 2.55 bits per heavy atom. The summed E-state index contributed by atoms with van der Waals surface area (Å²) in [4.78, 5) is 0.863. The molecule has 0 unspecified atom stereocenters. The van der Waals surface area contributed by atoms with Crippen LogP contribution in [0.1, 0.15) is 0 Å². The summed E-state index contributed by atoms with van der Waals surface area (Å²) in [6, 6.07) is 0. The van der Waals surface area contributed by atoms with Crippen LogP contribution < -0.4 is 0 Å². The van der Waals surface area contributed by atoms with Crippen LogP contribution in [-0.4, -0.2) is 0 Å². The van der Waals surface area contributed by atoms with E-state index >= 15 is 0 Å². The first-order valence-electron chi connectivity index (χ1n) is 3.03. The van der Waals surface area contributed by atoms with Gasteiger partial charge >= 0.3 is 0 Å². The number of nitriles is 1. The highest BCUT2D eigenvalue weighted by molar-refractivity contribution is 8.07. The van der Waals surface area contributed by atoms with Crippen LogP contribution in [0.4, 0.5) is 0 Å². The van der Waals surface area contributed by atoms with Crippen LogP contribution in [-0.2, 0) is 0 Å². The molecule has 56 valence electrons. The zero-order chi connectivity index (χ0) is 8.53. The van der Waals surface area contributed by atoms with Crippen molar-refractivity contribution < 1.29 is 0 Å². The van der Waals surface area contributed by atoms with Crippen LogP contribution in [0.25, 0.3) is 0 Å². The molecule has 0 spiro atoms. The number of hydrogen-bond donors (Lipinski definition) is 0. The fraction of sp³-hybridized carbons (Fsp3) is 0. The molecule has 1 nitrogen and oxygen atoms in total. The molecule has 0 saturated heterocycles. The minimum Gasteiger partial charge on any atom is -0.185 e. The number of nitrogens with zero attached hydrogens (tertiary/aromatic N) is 1. The summed E-state index contributed by atoms with van der Waals surface area (Å²) in [5.41, 5.74) is 0. The summed E-state index contributed by atoms with van der Waals surface area (Å²) < 4.78 is 0. The molecule has 0 aliphatic heterocycles. The Kier molecular flexibility index (Phi) is 6.16. The maximum atomic E-state index is 8.34. The summed E-state index contributed by atoms with van der Waals surface area (Å²) in [5, 5.41) is 10.3. The van der Waals surface area contributed by atoms with Crippen LogP contribution in [0.2, 0.25) is 0 Å². The molecule has 0 radical (unpaired) electrons. The first kappa shape index (κ1) is 9.80. The van der Waals surface area contributed by atoms with Crippen molar-refractivity contribution in [1.29, 1.82) is 5.26 Å². The largest absolute Gasteiger partial charge is 0.185 e. The van der Waals surface area contributed by atoms with E-state index in [0.717, 1.165) is 16.7 Å². The summed E-state index contributed by atoms with van der Waals surface area (Å²) in [5.74, 6) is 0. The van der Waals surface area contributed by atoms with Gasteiger partial charge in [-0.2, -0.15) is 5.26 Å². The third-order valence-electron chi connectivity index (χ3n) is 0.842. The zero-order valence-corrected chi connectivity index (χ0v) is 6.97. The molecule has 0 aliphatic rings. The molecule has 0 heterocycles. The Morgan fingerprint density at radius 2 is 2.09 bits per heavy atom. The fourth-order valence-electron chi connectivity index (χ4n) is 0.455. The Morgan fingerprint density at radius 1 is 1.36 bits per heavy atom. The summed E-state index contributed by atoms with van der Waals surface area (Å²) in [7, 11) is 0. The van der Waals surface area contributed by atoms with Gasteiger partial charge in [-0.3, -0.25) is 0 Å². The fourth-order valence-corrected chi connectivity index (χ4v) is 0.872. The van der Waals surface area contributed by atoms with Crippen molar-refractivity contribution in [3.05, 3.63) is 48.4 Å². The molecule has 0 saturated carbocycles. The SMILES string of the molecule is C=C/C=C\C(=C/C=C)SC#N. The highest BCUT2D eigenvalue weighted by Crippen LogP contribution is 2.14. The van der Waals surface area contributed by atoms with E-state index in [9.17, 15) is 0 Å². The van der Waals surface area contributed by atoms with Crippen molar-refractivity contribution in [1.82, 2.24) is 0 Å². The van der Waals surface area contributed by atoms with Crippen LogP contribution in [0.3, 0.4) is 0 Å². The van der Waals surface area contributed by atoms with Crippen molar-refractivity contribution in [3.8, 4) is 5.40 Å². The van der Waals surface area contributed by atoms with Crippen molar-refractivity contribution in [2.75, 3.05) is 0 Å².